The molecule has 1 fully saturated rings. The maximum atomic E-state index is 10.3. The van der Waals surface area contributed by atoms with Crippen LogP contribution in [0, 0.1) is 0 Å². The number of carbonyl (C=O) groups excluding carboxylic acids is 1. The molecule has 0 aromatic rings. The number of ether oxygens (including phenoxy) is 2. The third-order valence-corrected chi connectivity index (χ3v) is 2.85. The summed E-state index contributed by atoms with van der Waals surface area (Å²) in [4.78, 5) is 10.3. The molecular formula is C12H22O3. The van der Waals surface area contributed by atoms with Gasteiger partial charge in [-0.2, -0.15) is 0 Å². The Morgan fingerprint density at radius 2 is 1.80 bits per heavy atom. The Morgan fingerprint density at radius 1 is 1.13 bits per heavy atom. The van der Waals surface area contributed by atoms with Gasteiger partial charge in [-0.1, -0.05) is 19.8 Å². The summed E-state index contributed by atoms with van der Waals surface area (Å²) in [5.74, 6) is -0.363. The van der Waals surface area contributed by atoms with Gasteiger partial charge in [0.05, 0.1) is 13.2 Å². The maximum Gasteiger partial charge on any atom is 0.168 e. The summed E-state index contributed by atoms with van der Waals surface area (Å²) in [6.45, 7) is 3.59. The molecule has 1 aliphatic heterocycles. The third kappa shape index (κ3) is 4.31. The van der Waals surface area contributed by atoms with E-state index in [-0.39, 0.29) is 5.79 Å². The van der Waals surface area contributed by atoms with E-state index in [4.69, 9.17) is 9.47 Å². The predicted octanol–water partition coefficient (Wildman–Crippen LogP) is 2.68. The van der Waals surface area contributed by atoms with Crippen LogP contribution in [0.5, 0.6) is 0 Å². The van der Waals surface area contributed by atoms with Crippen molar-refractivity contribution in [3.05, 3.63) is 0 Å². The van der Waals surface area contributed by atoms with E-state index in [9.17, 15) is 4.79 Å². The summed E-state index contributed by atoms with van der Waals surface area (Å²) in [5.41, 5.74) is 0. The largest absolute Gasteiger partial charge is 0.348 e. The average molecular weight is 214 g/mol. The molecule has 1 saturated heterocycles. The fraction of sp³-hybridized carbons (Fsp3) is 0.917. The van der Waals surface area contributed by atoms with Gasteiger partial charge in [0, 0.05) is 19.3 Å². The molecule has 0 spiro atoms. The van der Waals surface area contributed by atoms with Crippen LogP contribution < -0.4 is 0 Å². The van der Waals surface area contributed by atoms with Crippen LogP contribution in [-0.4, -0.2) is 25.3 Å². The van der Waals surface area contributed by atoms with Gasteiger partial charge in [0.2, 0.25) is 0 Å². The van der Waals surface area contributed by atoms with E-state index in [0.717, 1.165) is 32.0 Å². The molecule has 1 aliphatic rings. The lowest BCUT2D eigenvalue weighted by Crippen LogP contribution is -2.30. The van der Waals surface area contributed by atoms with E-state index in [1.165, 1.54) is 12.8 Å². The van der Waals surface area contributed by atoms with Crippen LogP contribution in [0.2, 0.25) is 0 Å². The summed E-state index contributed by atoms with van der Waals surface area (Å²) in [5, 5.41) is 0. The fourth-order valence-electron chi connectivity index (χ4n) is 2.01. The van der Waals surface area contributed by atoms with Crippen LogP contribution in [-0.2, 0) is 14.3 Å². The van der Waals surface area contributed by atoms with Crippen LogP contribution in [0.1, 0.15) is 51.9 Å². The molecule has 0 radical (unpaired) electrons. The second-order valence-electron chi connectivity index (χ2n) is 4.12. The maximum absolute atomic E-state index is 10.3. The highest BCUT2D eigenvalue weighted by atomic mass is 16.7. The van der Waals surface area contributed by atoms with E-state index in [1.807, 2.05) is 0 Å². The summed E-state index contributed by atoms with van der Waals surface area (Å²) in [7, 11) is 0. The molecule has 1 heterocycles. The van der Waals surface area contributed by atoms with Crippen LogP contribution in [0.15, 0.2) is 0 Å². The average Bonchev–Trinajstić information content (AvgIpc) is 2.68. The lowest BCUT2D eigenvalue weighted by Gasteiger charge is -2.27. The quantitative estimate of drug-likeness (QED) is 0.460. The number of hydrogen-bond acceptors (Lipinski definition) is 3. The third-order valence-electron chi connectivity index (χ3n) is 2.85. The molecular weight excluding hydrogens is 192 g/mol. The van der Waals surface area contributed by atoms with Gasteiger partial charge in [0.25, 0.3) is 0 Å². The second-order valence-corrected chi connectivity index (χ2v) is 4.12. The Bertz CT molecular complexity index is 174. The Hall–Kier alpha value is -0.410. The van der Waals surface area contributed by atoms with E-state index in [0.29, 0.717) is 19.6 Å². The van der Waals surface area contributed by atoms with Gasteiger partial charge < -0.3 is 14.3 Å². The van der Waals surface area contributed by atoms with Gasteiger partial charge in [-0.05, 0) is 12.8 Å². The van der Waals surface area contributed by atoms with Crippen molar-refractivity contribution in [2.45, 2.75) is 57.7 Å². The van der Waals surface area contributed by atoms with E-state index in [1.54, 1.807) is 0 Å². The van der Waals surface area contributed by atoms with Crippen LogP contribution in [0.4, 0.5) is 0 Å². The van der Waals surface area contributed by atoms with Crippen molar-refractivity contribution in [3.63, 3.8) is 0 Å². The smallest absolute Gasteiger partial charge is 0.168 e. The lowest BCUT2D eigenvalue weighted by molar-refractivity contribution is -0.168. The van der Waals surface area contributed by atoms with Crippen molar-refractivity contribution in [2.75, 3.05) is 13.2 Å². The standard InChI is InChI=1S/C12H22O3/c1-2-3-4-7-12(8-5-6-9-13)14-10-11-15-12/h9H,2-8,10-11H2,1H3. The number of carbonyl (C=O) groups is 1. The minimum Gasteiger partial charge on any atom is -0.348 e. The number of unbranched alkanes of at least 4 members (excludes halogenated alkanes) is 3. The molecule has 0 aromatic heterocycles. The molecule has 0 amide bonds. The first-order valence-corrected chi connectivity index (χ1v) is 6.04. The molecule has 0 bridgehead atoms. The minimum absolute atomic E-state index is 0.363. The van der Waals surface area contributed by atoms with E-state index >= 15 is 0 Å². The summed E-state index contributed by atoms with van der Waals surface area (Å²) < 4.78 is 11.4. The Morgan fingerprint density at radius 3 is 2.40 bits per heavy atom. The van der Waals surface area contributed by atoms with E-state index < -0.39 is 0 Å². The zero-order valence-electron chi connectivity index (χ0n) is 9.67. The Kier molecular flexibility index (Phi) is 5.88. The molecule has 88 valence electrons. The van der Waals surface area contributed by atoms with Crippen LogP contribution in [0.25, 0.3) is 0 Å². The molecule has 3 nitrogen and oxygen atoms in total. The van der Waals surface area contributed by atoms with Crippen molar-refractivity contribution in [1.29, 1.82) is 0 Å². The van der Waals surface area contributed by atoms with Gasteiger partial charge in [-0.15, -0.1) is 0 Å². The van der Waals surface area contributed by atoms with Crippen molar-refractivity contribution in [2.24, 2.45) is 0 Å². The van der Waals surface area contributed by atoms with Crippen molar-refractivity contribution in [3.8, 4) is 0 Å². The van der Waals surface area contributed by atoms with Crippen LogP contribution >= 0.6 is 0 Å². The first kappa shape index (κ1) is 12.7. The highest BCUT2D eigenvalue weighted by Crippen LogP contribution is 2.31. The molecule has 3 heteroatoms. The van der Waals surface area contributed by atoms with Gasteiger partial charge >= 0.3 is 0 Å². The second kappa shape index (κ2) is 6.96. The number of rotatable bonds is 8. The van der Waals surface area contributed by atoms with Crippen LogP contribution in [0.3, 0.4) is 0 Å². The molecule has 0 atom stereocenters. The summed E-state index contributed by atoms with van der Waals surface area (Å²) in [6.07, 6.45) is 7.87. The Labute approximate surface area is 92.1 Å². The van der Waals surface area contributed by atoms with Gasteiger partial charge in [-0.25, -0.2) is 0 Å². The first-order valence-electron chi connectivity index (χ1n) is 6.04. The van der Waals surface area contributed by atoms with Gasteiger partial charge in [-0.3, -0.25) is 0 Å². The SMILES string of the molecule is CCCCCC1(CCCC=O)OCCO1. The molecule has 0 saturated carbocycles. The normalized spacial score (nSPS) is 19.3. The zero-order chi connectivity index (χ0) is 11.0. The first-order chi connectivity index (χ1) is 7.33. The molecule has 0 unspecified atom stereocenters. The monoisotopic (exact) mass is 214 g/mol. The molecule has 0 aromatic carbocycles. The van der Waals surface area contributed by atoms with Crippen molar-refractivity contribution >= 4 is 6.29 Å². The Balaban J connectivity index is 2.28. The van der Waals surface area contributed by atoms with E-state index in [2.05, 4.69) is 6.92 Å². The highest BCUT2D eigenvalue weighted by Gasteiger charge is 2.34. The van der Waals surface area contributed by atoms with Gasteiger partial charge in [0.1, 0.15) is 6.29 Å². The fourth-order valence-corrected chi connectivity index (χ4v) is 2.01. The topological polar surface area (TPSA) is 35.5 Å². The molecule has 1 rings (SSSR count). The zero-order valence-corrected chi connectivity index (χ0v) is 9.67. The lowest BCUT2D eigenvalue weighted by atomic mass is 10.0. The molecule has 0 N–H and O–H groups in total. The molecule has 15 heavy (non-hydrogen) atoms. The predicted molar refractivity (Wildman–Crippen MR) is 58.7 cm³/mol. The highest BCUT2D eigenvalue weighted by molar-refractivity contribution is 5.48. The summed E-state index contributed by atoms with van der Waals surface area (Å²) >= 11 is 0. The number of hydrogen-bond donors (Lipinski definition) is 0. The number of aldehydes is 1. The summed E-state index contributed by atoms with van der Waals surface area (Å²) in [6, 6.07) is 0. The van der Waals surface area contributed by atoms with Crippen molar-refractivity contribution < 1.29 is 14.3 Å². The molecule has 0 aliphatic carbocycles. The minimum atomic E-state index is -0.363. The van der Waals surface area contributed by atoms with Gasteiger partial charge in [0.15, 0.2) is 5.79 Å². The van der Waals surface area contributed by atoms with Crippen molar-refractivity contribution in [1.82, 2.24) is 0 Å².